The lowest BCUT2D eigenvalue weighted by Gasteiger charge is -2.36. The molecular weight excluding hydrogens is 375 g/mol. The topological polar surface area (TPSA) is 60.9 Å². The third kappa shape index (κ3) is 4.13. The normalized spacial score (nSPS) is 20.6. The summed E-state index contributed by atoms with van der Waals surface area (Å²) in [6, 6.07) is 4.35. The van der Waals surface area contributed by atoms with Gasteiger partial charge in [0.2, 0.25) is 11.8 Å². The van der Waals surface area contributed by atoms with Gasteiger partial charge in [-0.1, -0.05) is 6.07 Å². The number of likely N-dealkylation sites (tertiary alicyclic amines) is 1. The standard InChI is InChI=1S/C19H22F3N3O3/c1-2-23-12-14(11-16(23)26)18(28)25-8-6-24(7-9-25)17(27)13-4-3-5-15(10-13)19(20,21)22/h3-5,10,14H,2,6-9,11-12H2,1H3. The van der Waals surface area contributed by atoms with Crippen LogP contribution in [0.3, 0.4) is 0 Å². The average molecular weight is 397 g/mol. The number of carbonyl (C=O) groups excluding carboxylic acids is 3. The molecule has 9 heteroatoms. The molecule has 1 aromatic rings. The van der Waals surface area contributed by atoms with Gasteiger partial charge in [-0.15, -0.1) is 0 Å². The Labute approximate surface area is 160 Å². The third-order valence-electron chi connectivity index (χ3n) is 5.26. The third-order valence-corrected chi connectivity index (χ3v) is 5.26. The summed E-state index contributed by atoms with van der Waals surface area (Å²) in [5, 5.41) is 0. The van der Waals surface area contributed by atoms with E-state index >= 15 is 0 Å². The molecule has 3 rings (SSSR count). The largest absolute Gasteiger partial charge is 0.416 e. The molecule has 0 aliphatic carbocycles. The van der Waals surface area contributed by atoms with E-state index in [2.05, 4.69) is 0 Å². The molecule has 2 aliphatic rings. The molecular formula is C19H22F3N3O3. The molecule has 0 spiro atoms. The van der Waals surface area contributed by atoms with E-state index < -0.39 is 17.6 Å². The van der Waals surface area contributed by atoms with E-state index in [-0.39, 0.29) is 42.8 Å². The molecule has 2 heterocycles. The maximum atomic E-state index is 12.8. The van der Waals surface area contributed by atoms with Crippen LogP contribution < -0.4 is 0 Å². The number of hydrogen-bond acceptors (Lipinski definition) is 3. The smallest absolute Gasteiger partial charge is 0.342 e. The van der Waals surface area contributed by atoms with Gasteiger partial charge in [0, 0.05) is 51.3 Å². The first-order valence-corrected chi connectivity index (χ1v) is 9.23. The van der Waals surface area contributed by atoms with Crippen molar-refractivity contribution in [2.24, 2.45) is 5.92 Å². The number of rotatable bonds is 3. The maximum absolute atomic E-state index is 12.8. The number of piperazine rings is 1. The highest BCUT2D eigenvalue weighted by Gasteiger charge is 2.37. The Kier molecular flexibility index (Phi) is 5.62. The summed E-state index contributed by atoms with van der Waals surface area (Å²) in [6.07, 6.45) is -4.30. The lowest BCUT2D eigenvalue weighted by Crippen LogP contribution is -2.52. The van der Waals surface area contributed by atoms with Gasteiger partial charge in [0.05, 0.1) is 11.5 Å². The van der Waals surface area contributed by atoms with Gasteiger partial charge in [0.25, 0.3) is 5.91 Å². The predicted octanol–water partition coefficient (Wildman–Crippen LogP) is 1.86. The van der Waals surface area contributed by atoms with Crippen LogP contribution >= 0.6 is 0 Å². The van der Waals surface area contributed by atoms with Gasteiger partial charge in [-0.05, 0) is 25.1 Å². The number of carbonyl (C=O) groups is 3. The number of hydrogen-bond donors (Lipinski definition) is 0. The van der Waals surface area contributed by atoms with Gasteiger partial charge in [-0.3, -0.25) is 14.4 Å². The van der Waals surface area contributed by atoms with E-state index in [9.17, 15) is 27.6 Å². The Hall–Kier alpha value is -2.58. The fourth-order valence-electron chi connectivity index (χ4n) is 3.64. The molecule has 1 atom stereocenters. The highest BCUT2D eigenvalue weighted by Crippen LogP contribution is 2.30. The summed E-state index contributed by atoms with van der Waals surface area (Å²) in [5.41, 5.74) is -0.881. The van der Waals surface area contributed by atoms with Crippen LogP contribution in [0.15, 0.2) is 24.3 Å². The van der Waals surface area contributed by atoms with Crippen molar-refractivity contribution in [2.75, 3.05) is 39.3 Å². The van der Waals surface area contributed by atoms with Crippen LogP contribution in [-0.2, 0) is 15.8 Å². The summed E-state index contributed by atoms with van der Waals surface area (Å²) in [4.78, 5) is 41.7. The minimum absolute atomic E-state index is 0.0189. The van der Waals surface area contributed by atoms with E-state index in [0.717, 1.165) is 12.1 Å². The van der Waals surface area contributed by atoms with Gasteiger partial charge in [-0.2, -0.15) is 13.2 Å². The van der Waals surface area contributed by atoms with Crippen LogP contribution in [0.4, 0.5) is 13.2 Å². The number of alkyl halides is 3. The maximum Gasteiger partial charge on any atom is 0.416 e. The zero-order valence-corrected chi connectivity index (χ0v) is 15.5. The molecule has 0 bridgehead atoms. The second-order valence-electron chi connectivity index (χ2n) is 7.03. The van der Waals surface area contributed by atoms with E-state index in [0.29, 0.717) is 26.2 Å². The highest BCUT2D eigenvalue weighted by atomic mass is 19.4. The lowest BCUT2D eigenvalue weighted by atomic mass is 10.1. The fourth-order valence-corrected chi connectivity index (χ4v) is 3.64. The Morgan fingerprint density at radius 3 is 2.32 bits per heavy atom. The molecule has 3 amide bonds. The van der Waals surface area contributed by atoms with Crippen molar-refractivity contribution in [1.82, 2.24) is 14.7 Å². The van der Waals surface area contributed by atoms with E-state index in [4.69, 9.17) is 0 Å². The summed E-state index contributed by atoms with van der Waals surface area (Å²) in [6.45, 7) is 3.96. The zero-order chi connectivity index (χ0) is 20.5. The van der Waals surface area contributed by atoms with Crippen molar-refractivity contribution in [3.8, 4) is 0 Å². The van der Waals surface area contributed by atoms with Gasteiger partial charge >= 0.3 is 6.18 Å². The van der Waals surface area contributed by atoms with Crippen LogP contribution in [0.1, 0.15) is 29.3 Å². The van der Waals surface area contributed by atoms with Gasteiger partial charge in [0.1, 0.15) is 0 Å². The minimum Gasteiger partial charge on any atom is -0.342 e. The molecule has 0 aromatic heterocycles. The van der Waals surface area contributed by atoms with Gasteiger partial charge < -0.3 is 14.7 Å². The Balaban J connectivity index is 1.59. The van der Waals surface area contributed by atoms with Gasteiger partial charge in [-0.25, -0.2) is 0 Å². The van der Waals surface area contributed by atoms with Crippen molar-refractivity contribution in [1.29, 1.82) is 0 Å². The number of halogens is 3. The second-order valence-corrected chi connectivity index (χ2v) is 7.03. The molecule has 0 saturated carbocycles. The summed E-state index contributed by atoms with van der Waals surface area (Å²) >= 11 is 0. The van der Waals surface area contributed by atoms with Gasteiger partial charge in [0.15, 0.2) is 0 Å². The molecule has 2 fully saturated rings. The Morgan fingerprint density at radius 2 is 1.75 bits per heavy atom. The minimum atomic E-state index is -4.51. The van der Waals surface area contributed by atoms with Crippen molar-refractivity contribution in [3.05, 3.63) is 35.4 Å². The predicted molar refractivity (Wildman–Crippen MR) is 94.3 cm³/mol. The quantitative estimate of drug-likeness (QED) is 0.782. The first-order valence-electron chi connectivity index (χ1n) is 9.23. The molecule has 6 nitrogen and oxygen atoms in total. The number of amides is 3. The van der Waals surface area contributed by atoms with Crippen LogP contribution in [0.5, 0.6) is 0 Å². The highest BCUT2D eigenvalue weighted by molar-refractivity contribution is 5.95. The molecule has 28 heavy (non-hydrogen) atoms. The lowest BCUT2D eigenvalue weighted by molar-refractivity contribution is -0.138. The van der Waals surface area contributed by atoms with Crippen molar-refractivity contribution < 1.29 is 27.6 Å². The summed E-state index contributed by atoms with van der Waals surface area (Å²) in [5.74, 6) is -0.973. The van der Waals surface area contributed by atoms with E-state index in [1.165, 1.54) is 17.0 Å². The van der Waals surface area contributed by atoms with Crippen LogP contribution in [0, 0.1) is 5.92 Å². The second kappa shape index (κ2) is 7.81. The Bertz CT molecular complexity index is 773. The zero-order valence-electron chi connectivity index (χ0n) is 15.5. The van der Waals surface area contributed by atoms with Crippen LogP contribution in [0.25, 0.3) is 0 Å². The Morgan fingerprint density at radius 1 is 1.11 bits per heavy atom. The molecule has 2 saturated heterocycles. The molecule has 0 N–H and O–H groups in total. The average Bonchev–Trinajstić information content (AvgIpc) is 3.07. The number of nitrogens with zero attached hydrogens (tertiary/aromatic N) is 3. The molecule has 0 radical (unpaired) electrons. The van der Waals surface area contributed by atoms with Crippen LogP contribution in [-0.4, -0.2) is 71.7 Å². The van der Waals surface area contributed by atoms with Crippen molar-refractivity contribution in [3.63, 3.8) is 0 Å². The number of benzene rings is 1. The van der Waals surface area contributed by atoms with Crippen molar-refractivity contribution >= 4 is 17.7 Å². The SMILES string of the molecule is CCN1CC(C(=O)N2CCN(C(=O)c3cccc(C(F)(F)F)c3)CC2)CC1=O. The monoisotopic (exact) mass is 397 g/mol. The van der Waals surface area contributed by atoms with E-state index in [1.54, 1.807) is 9.80 Å². The molecule has 2 aliphatic heterocycles. The molecule has 152 valence electrons. The molecule has 1 aromatic carbocycles. The first kappa shape index (κ1) is 20.2. The summed E-state index contributed by atoms with van der Waals surface area (Å²) < 4.78 is 38.5. The summed E-state index contributed by atoms with van der Waals surface area (Å²) in [7, 11) is 0. The fraction of sp³-hybridized carbons (Fsp3) is 0.526. The first-order chi connectivity index (χ1) is 13.2. The van der Waals surface area contributed by atoms with Crippen LogP contribution in [0.2, 0.25) is 0 Å². The van der Waals surface area contributed by atoms with Crippen molar-refractivity contribution in [2.45, 2.75) is 19.5 Å². The molecule has 1 unspecified atom stereocenters. The van der Waals surface area contributed by atoms with E-state index in [1.807, 2.05) is 6.92 Å².